The molecule has 0 aromatic heterocycles. The third kappa shape index (κ3) is 3.25. The highest BCUT2D eigenvalue weighted by Crippen LogP contribution is 2.24. The van der Waals surface area contributed by atoms with Gasteiger partial charge in [0.15, 0.2) is 0 Å². The van der Waals surface area contributed by atoms with Crippen LogP contribution in [0.2, 0.25) is 5.02 Å². The normalized spacial score (nSPS) is 9.80. The lowest BCUT2D eigenvalue weighted by molar-refractivity contribution is -0.384. The first-order chi connectivity index (χ1) is 9.60. The molecule has 0 saturated carbocycles. The van der Waals surface area contributed by atoms with Gasteiger partial charge < -0.3 is 4.74 Å². The van der Waals surface area contributed by atoms with Crippen molar-refractivity contribution in [2.24, 2.45) is 0 Å². The van der Waals surface area contributed by atoms with Crippen molar-refractivity contribution >= 4 is 17.3 Å². The number of hydrogen-bond donors (Lipinski definition) is 0. The second-order valence-corrected chi connectivity index (χ2v) is 4.40. The first-order valence-corrected chi connectivity index (χ1v) is 6.04. The van der Waals surface area contributed by atoms with Gasteiger partial charge in [-0.15, -0.1) is 0 Å². The number of ether oxygens (including phenoxy) is 1. The fraction of sp³-hybridized carbons (Fsp3) is 0.0714. The van der Waals surface area contributed by atoms with Crippen LogP contribution in [0.1, 0.15) is 11.1 Å². The van der Waals surface area contributed by atoms with Gasteiger partial charge in [0.25, 0.3) is 5.69 Å². The minimum atomic E-state index is -0.463. The Hall–Kier alpha value is -2.58. The van der Waals surface area contributed by atoms with Crippen LogP contribution in [0.3, 0.4) is 0 Å². The SMILES string of the molecule is N#Cc1ccc(Cl)cc1OCc1ccc([N+](=O)[O-])cc1. The van der Waals surface area contributed by atoms with Crippen LogP contribution >= 0.6 is 11.6 Å². The van der Waals surface area contributed by atoms with Crippen LogP contribution in [0.15, 0.2) is 42.5 Å². The van der Waals surface area contributed by atoms with Gasteiger partial charge in [-0.1, -0.05) is 11.6 Å². The van der Waals surface area contributed by atoms with Crippen molar-refractivity contribution in [1.82, 2.24) is 0 Å². The molecule has 0 saturated heterocycles. The van der Waals surface area contributed by atoms with Crippen LogP contribution in [0, 0.1) is 21.4 Å². The predicted molar refractivity (Wildman–Crippen MR) is 73.6 cm³/mol. The van der Waals surface area contributed by atoms with E-state index in [2.05, 4.69) is 0 Å². The monoisotopic (exact) mass is 288 g/mol. The van der Waals surface area contributed by atoms with Crippen LogP contribution < -0.4 is 4.74 Å². The van der Waals surface area contributed by atoms with E-state index >= 15 is 0 Å². The maximum absolute atomic E-state index is 10.5. The number of halogens is 1. The molecule has 100 valence electrons. The molecule has 0 amide bonds. The zero-order valence-corrected chi connectivity index (χ0v) is 11.0. The van der Waals surface area contributed by atoms with E-state index in [-0.39, 0.29) is 12.3 Å². The third-order valence-electron chi connectivity index (χ3n) is 2.61. The van der Waals surface area contributed by atoms with Gasteiger partial charge in [-0.3, -0.25) is 10.1 Å². The minimum absolute atomic E-state index is 0.0224. The molecule has 2 rings (SSSR count). The molecule has 6 heteroatoms. The van der Waals surface area contributed by atoms with Gasteiger partial charge in [-0.05, 0) is 29.8 Å². The molecule has 0 aliphatic heterocycles. The van der Waals surface area contributed by atoms with Crippen LogP contribution in [0.5, 0.6) is 5.75 Å². The van der Waals surface area contributed by atoms with Crippen molar-refractivity contribution in [3.05, 3.63) is 68.7 Å². The van der Waals surface area contributed by atoms with Crippen LogP contribution in [-0.2, 0) is 6.61 Å². The number of non-ortho nitro benzene ring substituents is 1. The molecule has 5 nitrogen and oxygen atoms in total. The zero-order chi connectivity index (χ0) is 14.5. The summed E-state index contributed by atoms with van der Waals surface area (Å²) >= 11 is 5.85. The van der Waals surface area contributed by atoms with Crippen LogP contribution in [0.4, 0.5) is 5.69 Å². The Morgan fingerprint density at radius 3 is 2.55 bits per heavy atom. The predicted octanol–water partition coefficient (Wildman–Crippen LogP) is 3.70. The maximum Gasteiger partial charge on any atom is 0.269 e. The van der Waals surface area contributed by atoms with Gasteiger partial charge in [0.2, 0.25) is 0 Å². The lowest BCUT2D eigenvalue weighted by atomic mass is 10.2. The summed E-state index contributed by atoms with van der Waals surface area (Å²) in [6.45, 7) is 0.201. The summed E-state index contributed by atoms with van der Waals surface area (Å²) in [5, 5.41) is 20.0. The maximum atomic E-state index is 10.5. The topological polar surface area (TPSA) is 76.2 Å². The van der Waals surface area contributed by atoms with E-state index in [0.717, 1.165) is 5.56 Å². The summed E-state index contributed by atoms with van der Waals surface area (Å²) in [6.07, 6.45) is 0. The van der Waals surface area contributed by atoms with Crippen molar-refractivity contribution in [3.63, 3.8) is 0 Å². The average molecular weight is 289 g/mol. The third-order valence-corrected chi connectivity index (χ3v) is 2.84. The van der Waals surface area contributed by atoms with Crippen molar-refractivity contribution in [1.29, 1.82) is 5.26 Å². The molecule has 0 heterocycles. The highest BCUT2D eigenvalue weighted by molar-refractivity contribution is 6.30. The van der Waals surface area contributed by atoms with Gasteiger partial charge in [-0.25, -0.2) is 0 Å². The van der Waals surface area contributed by atoms with Crippen molar-refractivity contribution in [2.75, 3.05) is 0 Å². The molecular weight excluding hydrogens is 280 g/mol. The molecule has 20 heavy (non-hydrogen) atoms. The second-order valence-electron chi connectivity index (χ2n) is 3.96. The molecule has 2 aromatic rings. The quantitative estimate of drug-likeness (QED) is 0.635. The highest BCUT2D eigenvalue weighted by Gasteiger charge is 2.07. The molecule has 0 atom stereocenters. The van der Waals surface area contributed by atoms with E-state index in [1.807, 2.05) is 6.07 Å². The van der Waals surface area contributed by atoms with Crippen LogP contribution in [0.25, 0.3) is 0 Å². The Labute approximate surface area is 120 Å². The van der Waals surface area contributed by atoms with Crippen LogP contribution in [-0.4, -0.2) is 4.92 Å². The average Bonchev–Trinajstić information content (AvgIpc) is 2.45. The zero-order valence-electron chi connectivity index (χ0n) is 10.2. The molecule has 0 unspecified atom stereocenters. The summed E-state index contributed by atoms with van der Waals surface area (Å²) in [7, 11) is 0. The molecule has 0 fully saturated rings. The number of nitrogens with zero attached hydrogens (tertiary/aromatic N) is 2. The van der Waals surface area contributed by atoms with Crippen molar-refractivity contribution in [2.45, 2.75) is 6.61 Å². The van der Waals surface area contributed by atoms with Gasteiger partial charge in [-0.2, -0.15) is 5.26 Å². The van der Waals surface area contributed by atoms with Crippen molar-refractivity contribution < 1.29 is 9.66 Å². The Kier molecular flexibility index (Phi) is 4.18. The van der Waals surface area contributed by atoms with E-state index in [1.165, 1.54) is 12.1 Å². The smallest absolute Gasteiger partial charge is 0.269 e. The Morgan fingerprint density at radius 1 is 1.25 bits per heavy atom. The Balaban J connectivity index is 2.11. The van der Waals surface area contributed by atoms with Gasteiger partial charge in [0.05, 0.1) is 10.5 Å². The molecule has 0 radical (unpaired) electrons. The summed E-state index contributed by atoms with van der Waals surface area (Å²) < 4.78 is 5.52. The number of benzene rings is 2. The summed E-state index contributed by atoms with van der Waals surface area (Å²) in [6, 6.07) is 12.8. The van der Waals surface area contributed by atoms with Gasteiger partial charge >= 0.3 is 0 Å². The minimum Gasteiger partial charge on any atom is -0.487 e. The molecule has 2 aromatic carbocycles. The van der Waals surface area contributed by atoms with Gasteiger partial charge in [0.1, 0.15) is 18.4 Å². The Morgan fingerprint density at radius 2 is 1.95 bits per heavy atom. The van der Waals surface area contributed by atoms with Crippen molar-refractivity contribution in [3.8, 4) is 11.8 Å². The first kappa shape index (κ1) is 13.8. The lowest BCUT2D eigenvalue weighted by Crippen LogP contribution is -1.97. The lowest BCUT2D eigenvalue weighted by Gasteiger charge is -2.08. The molecule has 0 N–H and O–H groups in total. The fourth-order valence-electron chi connectivity index (χ4n) is 1.58. The molecule has 0 spiro atoms. The highest BCUT2D eigenvalue weighted by atomic mass is 35.5. The molecular formula is C14H9ClN2O3. The van der Waals surface area contributed by atoms with E-state index < -0.39 is 4.92 Å². The number of hydrogen-bond acceptors (Lipinski definition) is 4. The van der Waals surface area contributed by atoms with E-state index in [4.69, 9.17) is 21.6 Å². The summed E-state index contributed by atoms with van der Waals surface area (Å²) in [5.74, 6) is 0.387. The Bertz CT molecular complexity index is 678. The summed E-state index contributed by atoms with van der Waals surface area (Å²) in [4.78, 5) is 10.1. The number of nitro groups is 1. The van der Waals surface area contributed by atoms with Gasteiger partial charge in [0, 0.05) is 23.2 Å². The van der Waals surface area contributed by atoms with E-state index in [1.54, 1.807) is 30.3 Å². The largest absolute Gasteiger partial charge is 0.487 e. The molecule has 0 aliphatic rings. The first-order valence-electron chi connectivity index (χ1n) is 5.66. The number of nitro benzene ring substituents is 1. The number of rotatable bonds is 4. The molecule has 0 aliphatic carbocycles. The number of nitriles is 1. The summed E-state index contributed by atoms with van der Waals surface area (Å²) in [5.41, 5.74) is 1.17. The molecule has 0 bridgehead atoms. The fourth-order valence-corrected chi connectivity index (χ4v) is 1.75. The van der Waals surface area contributed by atoms with E-state index in [9.17, 15) is 10.1 Å². The standard InChI is InChI=1S/C14H9ClN2O3/c15-12-4-3-11(8-16)14(7-12)20-9-10-1-5-13(6-2-10)17(18)19/h1-7H,9H2. The second kappa shape index (κ2) is 6.04. The van der Waals surface area contributed by atoms with E-state index in [0.29, 0.717) is 16.3 Å².